The molecule has 2 rings (SSSR count). The van der Waals surface area contributed by atoms with Gasteiger partial charge in [0.2, 0.25) is 10.0 Å². The number of nitrogens with zero attached hydrogens (tertiary/aromatic N) is 2. The second-order valence-corrected chi connectivity index (χ2v) is 8.41. The maximum absolute atomic E-state index is 12.3. The van der Waals surface area contributed by atoms with Crippen molar-refractivity contribution in [3.8, 4) is 0 Å². The lowest BCUT2D eigenvalue weighted by molar-refractivity contribution is 0.101. The third-order valence-corrected chi connectivity index (χ3v) is 6.20. The summed E-state index contributed by atoms with van der Waals surface area (Å²) in [6.45, 7) is 3.12. The van der Waals surface area contributed by atoms with Gasteiger partial charge in [-0.1, -0.05) is 17.4 Å². The quantitative estimate of drug-likeness (QED) is 0.817. The maximum atomic E-state index is 12.3. The zero-order valence-electron chi connectivity index (χ0n) is 13.7. The Labute approximate surface area is 144 Å². The highest BCUT2D eigenvalue weighted by molar-refractivity contribution is 7.89. The summed E-state index contributed by atoms with van der Waals surface area (Å²) < 4.78 is 25.3. The van der Waals surface area contributed by atoms with Crippen molar-refractivity contribution in [3.05, 3.63) is 40.4 Å². The van der Waals surface area contributed by atoms with E-state index in [1.807, 2.05) is 0 Å². The van der Waals surface area contributed by atoms with Gasteiger partial charge >= 0.3 is 0 Å². The van der Waals surface area contributed by atoms with Crippen molar-refractivity contribution < 1.29 is 18.0 Å². The molecular formula is C15H17N3O4S2. The molecule has 128 valence electrons. The number of hydrogen-bond acceptors (Lipinski definition) is 6. The molecule has 0 atom stereocenters. The van der Waals surface area contributed by atoms with Crippen LogP contribution in [0.25, 0.3) is 0 Å². The summed E-state index contributed by atoms with van der Waals surface area (Å²) in [6.07, 6.45) is 0. The Morgan fingerprint density at radius 2 is 1.92 bits per heavy atom. The molecule has 0 spiro atoms. The van der Waals surface area contributed by atoms with Gasteiger partial charge in [-0.2, -0.15) is 0 Å². The largest absolute Gasteiger partial charge is 0.298 e. The molecule has 1 aromatic heterocycles. The molecule has 1 N–H and O–H groups in total. The molecule has 0 saturated carbocycles. The first-order valence-corrected chi connectivity index (χ1v) is 9.21. The lowest BCUT2D eigenvalue weighted by atomic mass is 10.2. The van der Waals surface area contributed by atoms with Crippen LogP contribution in [0.15, 0.2) is 29.2 Å². The Morgan fingerprint density at radius 3 is 2.46 bits per heavy atom. The van der Waals surface area contributed by atoms with Gasteiger partial charge in [0.25, 0.3) is 5.91 Å². The molecule has 9 heteroatoms. The fourth-order valence-electron chi connectivity index (χ4n) is 1.95. The lowest BCUT2D eigenvalue weighted by Gasteiger charge is -2.12. The summed E-state index contributed by atoms with van der Waals surface area (Å²) in [5, 5.41) is 2.88. The third-order valence-electron chi connectivity index (χ3n) is 3.21. The summed E-state index contributed by atoms with van der Waals surface area (Å²) in [6, 6.07) is 5.74. The van der Waals surface area contributed by atoms with E-state index in [1.54, 1.807) is 6.92 Å². The Kier molecular flexibility index (Phi) is 5.16. The number of amides is 1. The van der Waals surface area contributed by atoms with E-state index >= 15 is 0 Å². The van der Waals surface area contributed by atoms with Gasteiger partial charge in [0.1, 0.15) is 0 Å². The van der Waals surface area contributed by atoms with E-state index in [4.69, 9.17) is 0 Å². The van der Waals surface area contributed by atoms with E-state index in [-0.39, 0.29) is 16.2 Å². The minimum Gasteiger partial charge on any atom is -0.298 e. The molecule has 7 nitrogen and oxygen atoms in total. The van der Waals surface area contributed by atoms with Crippen LogP contribution in [-0.4, -0.2) is 43.5 Å². The number of sulfonamides is 1. The third kappa shape index (κ3) is 3.69. The number of hydrogen-bond donors (Lipinski definition) is 1. The van der Waals surface area contributed by atoms with Crippen LogP contribution in [0.5, 0.6) is 0 Å². The summed E-state index contributed by atoms with van der Waals surface area (Å²) in [5.41, 5.74) is 0.738. The number of anilines is 1. The Hall–Kier alpha value is -2.10. The average Bonchev–Trinajstić information content (AvgIpc) is 2.88. The van der Waals surface area contributed by atoms with Gasteiger partial charge in [0, 0.05) is 26.6 Å². The number of nitrogens with one attached hydrogen (secondary N) is 1. The van der Waals surface area contributed by atoms with Gasteiger partial charge in [-0.05, 0) is 25.1 Å². The predicted molar refractivity (Wildman–Crippen MR) is 92.1 cm³/mol. The van der Waals surface area contributed by atoms with E-state index in [0.717, 1.165) is 15.6 Å². The van der Waals surface area contributed by atoms with E-state index in [1.165, 1.54) is 45.3 Å². The highest BCUT2D eigenvalue weighted by atomic mass is 32.2. The standard InChI is InChI=1S/C15H17N3O4S2/c1-9-13(10(2)19)23-15(16-9)17-14(20)11-6-5-7-12(8-11)24(21,22)18(3)4/h5-8H,1-4H3,(H,16,17,20). The topological polar surface area (TPSA) is 96.4 Å². The molecule has 0 aliphatic carbocycles. The van der Waals surface area contributed by atoms with Crippen LogP contribution in [0, 0.1) is 6.92 Å². The predicted octanol–water partition coefficient (Wildman–Crippen LogP) is 2.16. The molecule has 2 aromatic rings. The monoisotopic (exact) mass is 367 g/mol. The fourth-order valence-corrected chi connectivity index (χ4v) is 3.76. The van der Waals surface area contributed by atoms with Crippen molar-refractivity contribution in [2.45, 2.75) is 18.7 Å². The average molecular weight is 367 g/mol. The van der Waals surface area contributed by atoms with Crippen molar-refractivity contribution in [2.24, 2.45) is 0 Å². The van der Waals surface area contributed by atoms with Crippen LogP contribution in [0.1, 0.15) is 32.6 Å². The van der Waals surface area contributed by atoms with E-state index in [0.29, 0.717) is 15.7 Å². The second kappa shape index (κ2) is 6.80. The fraction of sp³-hybridized carbons (Fsp3) is 0.267. The van der Waals surface area contributed by atoms with Gasteiger partial charge in [-0.25, -0.2) is 17.7 Å². The number of rotatable bonds is 5. The number of carbonyl (C=O) groups excluding carboxylic acids is 2. The molecule has 1 heterocycles. The first kappa shape index (κ1) is 18.2. The zero-order chi connectivity index (χ0) is 18.1. The van der Waals surface area contributed by atoms with Crippen LogP contribution >= 0.6 is 11.3 Å². The zero-order valence-corrected chi connectivity index (χ0v) is 15.3. The van der Waals surface area contributed by atoms with Crippen molar-refractivity contribution >= 4 is 38.2 Å². The van der Waals surface area contributed by atoms with Gasteiger partial charge in [0.15, 0.2) is 10.9 Å². The highest BCUT2D eigenvalue weighted by Gasteiger charge is 2.19. The van der Waals surface area contributed by atoms with Gasteiger partial charge in [0.05, 0.1) is 15.5 Å². The van der Waals surface area contributed by atoms with Crippen LogP contribution in [-0.2, 0) is 10.0 Å². The SMILES string of the molecule is CC(=O)c1sc(NC(=O)c2cccc(S(=O)(=O)N(C)C)c2)nc1C. The molecule has 0 saturated heterocycles. The smallest absolute Gasteiger partial charge is 0.257 e. The van der Waals surface area contributed by atoms with Crippen LogP contribution < -0.4 is 5.32 Å². The molecule has 1 aromatic carbocycles. The highest BCUT2D eigenvalue weighted by Crippen LogP contribution is 2.24. The minimum absolute atomic E-state index is 0.0277. The molecule has 0 aliphatic heterocycles. The first-order valence-electron chi connectivity index (χ1n) is 6.95. The Bertz CT molecular complexity index is 901. The molecule has 0 fully saturated rings. The number of thiazole rings is 1. The van der Waals surface area contributed by atoms with Crippen molar-refractivity contribution in [3.63, 3.8) is 0 Å². The molecule has 0 radical (unpaired) electrons. The van der Waals surface area contributed by atoms with E-state index < -0.39 is 15.9 Å². The molecular weight excluding hydrogens is 350 g/mol. The van der Waals surface area contributed by atoms with Crippen LogP contribution in [0.2, 0.25) is 0 Å². The van der Waals surface area contributed by atoms with E-state index in [2.05, 4.69) is 10.3 Å². The second-order valence-electron chi connectivity index (χ2n) is 5.26. The summed E-state index contributed by atoms with van der Waals surface area (Å²) in [5.74, 6) is -0.612. The number of benzene rings is 1. The van der Waals surface area contributed by atoms with Crippen LogP contribution in [0.4, 0.5) is 5.13 Å². The molecule has 0 unspecified atom stereocenters. The first-order chi connectivity index (χ1) is 11.1. The molecule has 0 bridgehead atoms. The van der Waals surface area contributed by atoms with Crippen LogP contribution in [0.3, 0.4) is 0 Å². The summed E-state index contributed by atoms with van der Waals surface area (Å²) >= 11 is 1.09. The van der Waals surface area contributed by atoms with E-state index in [9.17, 15) is 18.0 Å². The normalized spacial score (nSPS) is 11.5. The number of aromatic nitrogens is 1. The van der Waals surface area contributed by atoms with Crippen molar-refractivity contribution in [2.75, 3.05) is 19.4 Å². The molecule has 1 amide bonds. The molecule has 0 aliphatic rings. The summed E-state index contributed by atoms with van der Waals surface area (Å²) in [4.78, 5) is 28.4. The number of carbonyl (C=O) groups is 2. The number of aryl methyl sites for hydroxylation is 1. The summed E-state index contributed by atoms with van der Waals surface area (Å²) in [7, 11) is -0.783. The van der Waals surface area contributed by atoms with Gasteiger partial charge in [-0.15, -0.1) is 0 Å². The Balaban J connectivity index is 2.28. The molecule has 24 heavy (non-hydrogen) atoms. The maximum Gasteiger partial charge on any atom is 0.257 e. The number of Topliss-reactive ketones (excluding diaryl/α,β-unsaturated/α-hetero) is 1. The lowest BCUT2D eigenvalue weighted by Crippen LogP contribution is -2.22. The Morgan fingerprint density at radius 1 is 1.25 bits per heavy atom. The van der Waals surface area contributed by atoms with Gasteiger partial charge < -0.3 is 0 Å². The minimum atomic E-state index is -3.62. The van der Waals surface area contributed by atoms with Crippen molar-refractivity contribution in [1.29, 1.82) is 0 Å². The number of ketones is 1. The van der Waals surface area contributed by atoms with Crippen molar-refractivity contribution in [1.82, 2.24) is 9.29 Å². The van der Waals surface area contributed by atoms with Gasteiger partial charge in [-0.3, -0.25) is 14.9 Å².